The lowest BCUT2D eigenvalue weighted by Crippen LogP contribution is -2.41. The summed E-state index contributed by atoms with van der Waals surface area (Å²) in [6, 6.07) is 5.42. The molecule has 1 aromatic heterocycles. The predicted octanol–water partition coefficient (Wildman–Crippen LogP) is 3.62. The van der Waals surface area contributed by atoms with Gasteiger partial charge in [-0.3, -0.25) is 4.79 Å². The van der Waals surface area contributed by atoms with Gasteiger partial charge in [0.2, 0.25) is 0 Å². The predicted molar refractivity (Wildman–Crippen MR) is 90.3 cm³/mol. The fourth-order valence-corrected chi connectivity index (χ4v) is 3.74. The molecular weight excluding hydrogens is 330 g/mol. The number of nitrogens with zero attached hydrogens (tertiary/aromatic N) is 1. The van der Waals surface area contributed by atoms with E-state index in [1.165, 1.54) is 0 Å². The molecule has 5 nitrogen and oxygen atoms in total. The fraction of sp³-hybridized carbons (Fsp3) is 0.500. The summed E-state index contributed by atoms with van der Waals surface area (Å²) in [6.45, 7) is 4.64. The quantitative estimate of drug-likeness (QED) is 0.831. The number of hydrogen-bond donors (Lipinski definition) is 0. The van der Waals surface area contributed by atoms with Crippen molar-refractivity contribution < 1.29 is 18.7 Å². The lowest BCUT2D eigenvalue weighted by Gasteiger charge is -2.33. The number of amides is 1. The van der Waals surface area contributed by atoms with Crippen molar-refractivity contribution in [2.24, 2.45) is 5.92 Å². The Bertz CT molecular complexity index is 758. The number of piperidine rings is 1. The summed E-state index contributed by atoms with van der Waals surface area (Å²) in [6.07, 6.45) is 1.68. The Balaban J connectivity index is 1.49. The van der Waals surface area contributed by atoms with Gasteiger partial charge in [-0.15, -0.1) is 0 Å². The van der Waals surface area contributed by atoms with Crippen molar-refractivity contribution in [1.29, 1.82) is 0 Å². The normalized spacial score (nSPS) is 20.2. The first-order chi connectivity index (χ1) is 11.6. The number of furan rings is 1. The van der Waals surface area contributed by atoms with Crippen LogP contribution in [0.15, 0.2) is 22.6 Å². The highest BCUT2D eigenvalue weighted by Gasteiger charge is 2.33. The van der Waals surface area contributed by atoms with Crippen LogP contribution in [0.5, 0.6) is 0 Å². The number of hydrogen-bond acceptors (Lipinski definition) is 4. The third-order valence-corrected chi connectivity index (χ3v) is 5.19. The average molecular weight is 350 g/mol. The van der Waals surface area contributed by atoms with Gasteiger partial charge in [-0.2, -0.15) is 0 Å². The molecule has 0 atom stereocenters. The molecule has 0 N–H and O–H groups in total. The van der Waals surface area contributed by atoms with E-state index < -0.39 is 0 Å². The molecule has 128 valence electrons. The molecule has 0 unspecified atom stereocenters. The van der Waals surface area contributed by atoms with Crippen LogP contribution < -0.4 is 0 Å². The molecule has 2 aliphatic rings. The molecule has 3 heterocycles. The molecular formula is C18H20ClNO4. The summed E-state index contributed by atoms with van der Waals surface area (Å²) in [5.41, 5.74) is 1.55. The van der Waals surface area contributed by atoms with Crippen molar-refractivity contribution in [2.75, 3.05) is 26.3 Å². The monoisotopic (exact) mass is 349 g/mol. The third-order valence-electron chi connectivity index (χ3n) is 4.95. The largest absolute Gasteiger partial charge is 0.451 e. The zero-order valence-electron chi connectivity index (χ0n) is 13.6. The molecule has 6 heteroatoms. The molecule has 1 amide bonds. The highest BCUT2D eigenvalue weighted by Crippen LogP contribution is 2.31. The van der Waals surface area contributed by atoms with Crippen molar-refractivity contribution in [3.05, 3.63) is 34.5 Å². The van der Waals surface area contributed by atoms with Gasteiger partial charge < -0.3 is 18.8 Å². The molecule has 2 saturated heterocycles. The minimum Gasteiger partial charge on any atom is -0.451 e. The second kappa shape index (κ2) is 6.39. The smallest absolute Gasteiger partial charge is 0.289 e. The van der Waals surface area contributed by atoms with Crippen LogP contribution in [-0.2, 0) is 9.47 Å². The zero-order valence-corrected chi connectivity index (χ0v) is 14.3. The van der Waals surface area contributed by atoms with Crippen molar-refractivity contribution in [1.82, 2.24) is 4.90 Å². The maximum atomic E-state index is 12.8. The van der Waals surface area contributed by atoms with E-state index in [1.54, 1.807) is 6.07 Å². The van der Waals surface area contributed by atoms with Gasteiger partial charge in [0.15, 0.2) is 12.1 Å². The lowest BCUT2D eigenvalue weighted by atomic mass is 9.96. The SMILES string of the molecule is Cc1c(C(=O)N2CCC(C3OCCO3)CC2)oc2ccc(Cl)cc12. The average Bonchev–Trinajstić information content (AvgIpc) is 3.24. The van der Waals surface area contributed by atoms with Crippen molar-refractivity contribution in [3.63, 3.8) is 0 Å². The first-order valence-electron chi connectivity index (χ1n) is 8.34. The zero-order chi connectivity index (χ0) is 16.7. The second-order valence-corrected chi connectivity index (χ2v) is 6.87. The van der Waals surface area contributed by atoms with Gasteiger partial charge in [0.25, 0.3) is 5.91 Å². The number of halogens is 1. The number of carbonyl (C=O) groups is 1. The Morgan fingerprint density at radius 2 is 1.92 bits per heavy atom. The van der Waals surface area contributed by atoms with E-state index in [0.29, 0.717) is 48.6 Å². The summed E-state index contributed by atoms with van der Waals surface area (Å²) in [5.74, 6) is 0.734. The van der Waals surface area contributed by atoms with Gasteiger partial charge in [-0.05, 0) is 38.0 Å². The van der Waals surface area contributed by atoms with E-state index in [1.807, 2.05) is 24.0 Å². The number of fused-ring (bicyclic) bond motifs is 1. The highest BCUT2D eigenvalue weighted by atomic mass is 35.5. The summed E-state index contributed by atoms with van der Waals surface area (Å²) in [5, 5.41) is 1.54. The number of benzene rings is 1. The van der Waals surface area contributed by atoms with Gasteiger partial charge in [-0.25, -0.2) is 0 Å². The molecule has 0 aliphatic carbocycles. The van der Waals surface area contributed by atoms with Gasteiger partial charge in [0.05, 0.1) is 13.2 Å². The number of aryl methyl sites for hydroxylation is 1. The minimum atomic E-state index is -0.0997. The summed E-state index contributed by atoms with van der Waals surface area (Å²) in [7, 11) is 0. The van der Waals surface area contributed by atoms with Crippen molar-refractivity contribution in [3.8, 4) is 0 Å². The molecule has 0 bridgehead atoms. The maximum Gasteiger partial charge on any atom is 0.289 e. The highest BCUT2D eigenvalue weighted by molar-refractivity contribution is 6.31. The molecule has 1 aromatic carbocycles. The fourth-order valence-electron chi connectivity index (χ4n) is 3.56. The molecule has 24 heavy (non-hydrogen) atoms. The van der Waals surface area contributed by atoms with Gasteiger partial charge in [-0.1, -0.05) is 11.6 Å². The van der Waals surface area contributed by atoms with E-state index in [9.17, 15) is 4.79 Å². The van der Waals surface area contributed by atoms with Crippen LogP contribution in [0.2, 0.25) is 5.02 Å². The minimum absolute atomic E-state index is 0.0495. The number of rotatable bonds is 2. The number of likely N-dealkylation sites (tertiary alicyclic amines) is 1. The standard InChI is InChI=1S/C18H20ClNO4/c1-11-14-10-13(19)2-3-15(14)24-16(11)17(21)20-6-4-12(5-7-20)18-22-8-9-23-18/h2-3,10,12,18H,4-9H2,1H3. The van der Waals surface area contributed by atoms with Crippen molar-refractivity contribution in [2.45, 2.75) is 26.1 Å². The Hall–Kier alpha value is -1.56. The topological polar surface area (TPSA) is 51.9 Å². The van der Waals surface area contributed by atoms with E-state index in [4.69, 9.17) is 25.5 Å². The molecule has 0 spiro atoms. The van der Waals surface area contributed by atoms with E-state index in [0.717, 1.165) is 23.8 Å². The van der Waals surface area contributed by atoms with Crippen LogP contribution in [0.3, 0.4) is 0 Å². The van der Waals surface area contributed by atoms with Crippen LogP contribution >= 0.6 is 11.6 Å². The first kappa shape index (κ1) is 15.9. The first-order valence-corrected chi connectivity index (χ1v) is 8.72. The van der Waals surface area contributed by atoms with E-state index in [2.05, 4.69) is 0 Å². The van der Waals surface area contributed by atoms with Crippen LogP contribution in [0.25, 0.3) is 11.0 Å². The van der Waals surface area contributed by atoms with Crippen LogP contribution in [0.1, 0.15) is 29.0 Å². The Morgan fingerprint density at radius 1 is 1.21 bits per heavy atom. The Labute approximate surface area is 145 Å². The number of ether oxygens (including phenoxy) is 2. The van der Waals surface area contributed by atoms with Crippen molar-refractivity contribution >= 4 is 28.5 Å². The third kappa shape index (κ3) is 2.81. The van der Waals surface area contributed by atoms with Crippen LogP contribution in [0.4, 0.5) is 0 Å². The van der Waals surface area contributed by atoms with E-state index in [-0.39, 0.29) is 12.2 Å². The molecule has 2 fully saturated rings. The Morgan fingerprint density at radius 3 is 2.62 bits per heavy atom. The van der Waals surface area contributed by atoms with Crippen LogP contribution in [0, 0.1) is 12.8 Å². The summed E-state index contributed by atoms with van der Waals surface area (Å²) >= 11 is 6.05. The van der Waals surface area contributed by atoms with Gasteiger partial charge in [0, 0.05) is 35.0 Å². The maximum absolute atomic E-state index is 12.8. The van der Waals surface area contributed by atoms with Gasteiger partial charge in [0.1, 0.15) is 5.58 Å². The lowest BCUT2D eigenvalue weighted by molar-refractivity contribution is -0.0956. The molecule has 0 saturated carbocycles. The van der Waals surface area contributed by atoms with Gasteiger partial charge >= 0.3 is 0 Å². The number of carbonyl (C=O) groups excluding carboxylic acids is 1. The van der Waals surface area contributed by atoms with E-state index >= 15 is 0 Å². The second-order valence-electron chi connectivity index (χ2n) is 6.44. The van der Waals surface area contributed by atoms with Crippen LogP contribution in [-0.4, -0.2) is 43.4 Å². The molecule has 2 aliphatic heterocycles. The summed E-state index contributed by atoms with van der Waals surface area (Å²) < 4.78 is 17.0. The Kier molecular flexibility index (Phi) is 4.24. The molecule has 0 radical (unpaired) electrons. The summed E-state index contributed by atoms with van der Waals surface area (Å²) in [4.78, 5) is 14.7. The molecule has 4 rings (SSSR count). The molecule has 2 aromatic rings.